The highest BCUT2D eigenvalue weighted by atomic mass is 35.5. The van der Waals surface area contributed by atoms with Crippen molar-refractivity contribution >= 4 is 30.7 Å². The van der Waals surface area contributed by atoms with E-state index < -0.39 is 0 Å². The standard InChI is InChI=1S/C14H22FN3O.2ClH/c1-10(16)7-14(19)17-9-13(18(2)3)11-5-4-6-12(15)8-11;;/h4-6,8,10,13H,7,9,16H2,1-3H3,(H,17,19);2*1H. The largest absolute Gasteiger partial charge is 0.354 e. The Morgan fingerprint density at radius 2 is 2.00 bits per heavy atom. The van der Waals surface area contributed by atoms with Crippen LogP contribution in [0.3, 0.4) is 0 Å². The zero-order valence-electron chi connectivity index (χ0n) is 12.5. The molecule has 0 aromatic heterocycles. The van der Waals surface area contributed by atoms with Crippen molar-refractivity contribution in [1.82, 2.24) is 10.2 Å². The van der Waals surface area contributed by atoms with E-state index in [0.717, 1.165) is 5.56 Å². The van der Waals surface area contributed by atoms with Gasteiger partial charge in [0.2, 0.25) is 5.91 Å². The first-order valence-corrected chi connectivity index (χ1v) is 6.34. The molecule has 0 aliphatic carbocycles. The van der Waals surface area contributed by atoms with Gasteiger partial charge in [-0.2, -0.15) is 0 Å². The second-order valence-electron chi connectivity index (χ2n) is 5.02. The number of likely N-dealkylation sites (N-methyl/N-ethyl adjacent to an activating group) is 1. The topological polar surface area (TPSA) is 58.4 Å². The van der Waals surface area contributed by atoms with Gasteiger partial charge in [-0.15, -0.1) is 24.8 Å². The average molecular weight is 340 g/mol. The average Bonchev–Trinajstić information content (AvgIpc) is 2.27. The number of amides is 1. The Kier molecular flexibility index (Phi) is 11.5. The number of nitrogens with one attached hydrogen (secondary N) is 1. The maximum atomic E-state index is 13.2. The molecule has 122 valence electrons. The van der Waals surface area contributed by atoms with Crippen molar-refractivity contribution in [2.75, 3.05) is 20.6 Å². The molecule has 3 N–H and O–H groups in total. The molecule has 0 aliphatic rings. The number of carbonyl (C=O) groups excluding carboxylic acids is 1. The Balaban J connectivity index is 0. The van der Waals surface area contributed by atoms with Crippen LogP contribution in [0.1, 0.15) is 24.9 Å². The predicted molar refractivity (Wildman–Crippen MR) is 88.6 cm³/mol. The summed E-state index contributed by atoms with van der Waals surface area (Å²) < 4.78 is 13.2. The molecular weight excluding hydrogens is 316 g/mol. The number of hydrogen-bond acceptors (Lipinski definition) is 3. The van der Waals surface area contributed by atoms with Gasteiger partial charge in [-0.1, -0.05) is 12.1 Å². The van der Waals surface area contributed by atoms with Gasteiger partial charge in [0.25, 0.3) is 0 Å². The molecule has 21 heavy (non-hydrogen) atoms. The van der Waals surface area contributed by atoms with E-state index in [1.807, 2.05) is 25.1 Å². The second-order valence-corrected chi connectivity index (χ2v) is 5.02. The molecule has 2 atom stereocenters. The molecule has 0 radical (unpaired) electrons. The monoisotopic (exact) mass is 339 g/mol. The van der Waals surface area contributed by atoms with Crippen molar-refractivity contribution in [3.63, 3.8) is 0 Å². The number of halogens is 3. The van der Waals surface area contributed by atoms with E-state index in [2.05, 4.69) is 5.32 Å². The molecule has 0 saturated heterocycles. The number of nitrogens with zero attached hydrogens (tertiary/aromatic N) is 1. The molecule has 1 rings (SSSR count). The van der Waals surface area contributed by atoms with Crippen LogP contribution in [-0.4, -0.2) is 37.5 Å². The lowest BCUT2D eigenvalue weighted by molar-refractivity contribution is -0.121. The Labute approximate surface area is 138 Å². The lowest BCUT2D eigenvalue weighted by Gasteiger charge is -2.25. The van der Waals surface area contributed by atoms with Gasteiger partial charge in [0.1, 0.15) is 5.82 Å². The Hall–Kier alpha value is -0.880. The third kappa shape index (κ3) is 8.21. The fraction of sp³-hybridized carbons (Fsp3) is 0.500. The fourth-order valence-corrected chi connectivity index (χ4v) is 1.89. The summed E-state index contributed by atoms with van der Waals surface area (Å²) in [7, 11) is 3.79. The summed E-state index contributed by atoms with van der Waals surface area (Å²) in [5.74, 6) is -0.357. The van der Waals surface area contributed by atoms with E-state index in [9.17, 15) is 9.18 Å². The number of benzene rings is 1. The molecule has 1 amide bonds. The SMILES string of the molecule is CC(N)CC(=O)NCC(c1cccc(F)c1)N(C)C.Cl.Cl. The highest BCUT2D eigenvalue weighted by molar-refractivity contribution is 5.85. The molecular formula is C14H24Cl2FN3O. The summed E-state index contributed by atoms with van der Waals surface area (Å²) in [6, 6.07) is 6.20. The number of hydrogen-bond donors (Lipinski definition) is 2. The zero-order valence-corrected chi connectivity index (χ0v) is 14.1. The smallest absolute Gasteiger partial charge is 0.221 e. The van der Waals surface area contributed by atoms with Gasteiger partial charge in [-0.05, 0) is 38.7 Å². The van der Waals surface area contributed by atoms with E-state index in [4.69, 9.17) is 5.73 Å². The van der Waals surface area contributed by atoms with Gasteiger partial charge in [0.05, 0.1) is 6.04 Å². The first kappa shape index (κ1) is 22.4. The van der Waals surface area contributed by atoms with Crippen LogP contribution in [0.4, 0.5) is 4.39 Å². The Morgan fingerprint density at radius 1 is 1.38 bits per heavy atom. The Morgan fingerprint density at radius 3 is 2.48 bits per heavy atom. The van der Waals surface area contributed by atoms with E-state index in [-0.39, 0.29) is 48.6 Å². The highest BCUT2D eigenvalue weighted by Crippen LogP contribution is 2.18. The van der Waals surface area contributed by atoms with E-state index >= 15 is 0 Å². The predicted octanol–water partition coefficient (Wildman–Crippen LogP) is 2.13. The quantitative estimate of drug-likeness (QED) is 0.834. The molecule has 7 heteroatoms. The number of rotatable bonds is 6. The molecule has 0 bridgehead atoms. The van der Waals surface area contributed by atoms with Gasteiger partial charge < -0.3 is 16.0 Å². The third-order valence-electron chi connectivity index (χ3n) is 2.86. The fourth-order valence-electron chi connectivity index (χ4n) is 1.89. The van der Waals surface area contributed by atoms with Gasteiger partial charge in [0, 0.05) is 19.0 Å². The van der Waals surface area contributed by atoms with Crippen molar-refractivity contribution in [2.45, 2.75) is 25.4 Å². The van der Waals surface area contributed by atoms with Crippen LogP contribution >= 0.6 is 24.8 Å². The molecule has 0 saturated carbocycles. The van der Waals surface area contributed by atoms with Gasteiger partial charge in [-0.25, -0.2) is 4.39 Å². The van der Waals surface area contributed by atoms with Crippen LogP contribution in [-0.2, 0) is 4.79 Å². The van der Waals surface area contributed by atoms with Crippen molar-refractivity contribution in [3.8, 4) is 0 Å². The first-order chi connectivity index (χ1) is 8.90. The summed E-state index contributed by atoms with van der Waals surface area (Å²) in [6.07, 6.45) is 0.295. The molecule has 1 aromatic rings. The highest BCUT2D eigenvalue weighted by Gasteiger charge is 2.16. The van der Waals surface area contributed by atoms with Crippen LogP contribution in [0.5, 0.6) is 0 Å². The molecule has 4 nitrogen and oxygen atoms in total. The van der Waals surface area contributed by atoms with Crippen molar-refractivity contribution in [1.29, 1.82) is 0 Å². The van der Waals surface area contributed by atoms with Crippen LogP contribution in [0, 0.1) is 5.82 Å². The second kappa shape index (κ2) is 10.8. The molecule has 0 fully saturated rings. The maximum Gasteiger partial charge on any atom is 0.221 e. The van der Waals surface area contributed by atoms with Crippen LogP contribution < -0.4 is 11.1 Å². The molecule has 0 aliphatic heterocycles. The van der Waals surface area contributed by atoms with E-state index in [0.29, 0.717) is 13.0 Å². The minimum Gasteiger partial charge on any atom is -0.354 e. The minimum absolute atomic E-state index is 0. The lowest BCUT2D eigenvalue weighted by Crippen LogP contribution is -2.36. The number of carbonyl (C=O) groups is 1. The summed E-state index contributed by atoms with van der Waals surface area (Å²) in [6.45, 7) is 2.22. The van der Waals surface area contributed by atoms with Crippen LogP contribution in [0.15, 0.2) is 24.3 Å². The lowest BCUT2D eigenvalue weighted by atomic mass is 10.1. The molecule has 0 heterocycles. The summed E-state index contributed by atoms with van der Waals surface area (Å²) in [5, 5.41) is 2.83. The zero-order chi connectivity index (χ0) is 14.4. The van der Waals surface area contributed by atoms with Gasteiger partial charge >= 0.3 is 0 Å². The summed E-state index contributed by atoms with van der Waals surface area (Å²) in [4.78, 5) is 13.5. The van der Waals surface area contributed by atoms with Crippen molar-refractivity contribution in [2.24, 2.45) is 5.73 Å². The third-order valence-corrected chi connectivity index (χ3v) is 2.86. The van der Waals surface area contributed by atoms with E-state index in [1.54, 1.807) is 13.0 Å². The molecule has 2 unspecified atom stereocenters. The maximum absolute atomic E-state index is 13.2. The number of nitrogens with two attached hydrogens (primary N) is 1. The molecule has 1 aromatic carbocycles. The van der Waals surface area contributed by atoms with E-state index in [1.165, 1.54) is 12.1 Å². The normalized spacial score (nSPS) is 12.9. The van der Waals surface area contributed by atoms with Crippen LogP contribution in [0.25, 0.3) is 0 Å². The first-order valence-electron chi connectivity index (χ1n) is 6.34. The van der Waals surface area contributed by atoms with Gasteiger partial charge in [0.15, 0.2) is 0 Å². The van der Waals surface area contributed by atoms with Crippen LogP contribution in [0.2, 0.25) is 0 Å². The van der Waals surface area contributed by atoms with Gasteiger partial charge in [-0.3, -0.25) is 4.79 Å². The summed E-state index contributed by atoms with van der Waals surface area (Å²) in [5.41, 5.74) is 6.41. The molecule has 0 spiro atoms. The summed E-state index contributed by atoms with van der Waals surface area (Å²) >= 11 is 0. The van der Waals surface area contributed by atoms with Crippen molar-refractivity contribution < 1.29 is 9.18 Å². The minimum atomic E-state index is -0.272. The van der Waals surface area contributed by atoms with Crippen molar-refractivity contribution in [3.05, 3.63) is 35.6 Å². The Bertz CT molecular complexity index is 430.